The van der Waals surface area contributed by atoms with E-state index < -0.39 is 0 Å². The van der Waals surface area contributed by atoms with Gasteiger partial charge in [-0.25, -0.2) is 0 Å². The molecule has 0 saturated carbocycles. The van der Waals surface area contributed by atoms with E-state index in [1.165, 1.54) is 0 Å². The van der Waals surface area contributed by atoms with Crippen molar-refractivity contribution in [3.8, 4) is 0 Å². The molecule has 0 aromatic heterocycles. The topological polar surface area (TPSA) is 29.1 Å². The van der Waals surface area contributed by atoms with Gasteiger partial charge in [0.15, 0.2) is 0 Å². The van der Waals surface area contributed by atoms with Gasteiger partial charge in [-0.2, -0.15) is 0 Å². The molecule has 0 bridgehead atoms. The third kappa shape index (κ3) is 2.50. The largest absolute Gasteiger partial charge is 0.342 e. The van der Waals surface area contributed by atoms with Gasteiger partial charge < -0.3 is 5.32 Å². The number of carbonyl (C=O) groups is 1. The number of halogens is 2. The molecule has 0 heterocycles. The van der Waals surface area contributed by atoms with E-state index in [9.17, 15) is 4.79 Å². The molecular formula is C8H7BrClNO. The first-order chi connectivity index (χ1) is 5.74. The van der Waals surface area contributed by atoms with Gasteiger partial charge in [-0.3, -0.25) is 4.79 Å². The van der Waals surface area contributed by atoms with Crippen molar-refractivity contribution in [1.29, 1.82) is 0 Å². The Balaban J connectivity index is 2.75. The summed E-state index contributed by atoms with van der Waals surface area (Å²) in [6.45, 7) is 0. The highest BCUT2D eigenvalue weighted by atomic mass is 79.9. The average Bonchev–Trinajstić information content (AvgIpc) is 2.06. The van der Waals surface area contributed by atoms with Gasteiger partial charge in [-0.15, -0.1) is 0 Å². The first kappa shape index (κ1) is 9.55. The van der Waals surface area contributed by atoms with E-state index in [0.29, 0.717) is 16.0 Å². The standard InChI is InChI=1S/C8H7BrClNO/c9-5-11-8(12)6-1-3-7(10)4-2-6/h1-4H,5H2,(H,11,12). The first-order valence-electron chi connectivity index (χ1n) is 3.34. The second kappa shape index (κ2) is 4.48. The van der Waals surface area contributed by atoms with Crippen LogP contribution in [0.15, 0.2) is 24.3 Å². The van der Waals surface area contributed by atoms with Gasteiger partial charge in [0.25, 0.3) is 5.91 Å². The van der Waals surface area contributed by atoms with Crippen LogP contribution >= 0.6 is 27.5 Å². The monoisotopic (exact) mass is 247 g/mol. The zero-order valence-corrected chi connectivity index (χ0v) is 8.52. The van der Waals surface area contributed by atoms with Crippen LogP contribution in [0.5, 0.6) is 0 Å². The van der Waals surface area contributed by atoms with Gasteiger partial charge in [0, 0.05) is 10.6 Å². The van der Waals surface area contributed by atoms with Crippen LogP contribution in [0.25, 0.3) is 0 Å². The summed E-state index contributed by atoms with van der Waals surface area (Å²) in [5.74, 6) is -0.108. The molecule has 1 N–H and O–H groups in total. The van der Waals surface area contributed by atoms with E-state index in [1.807, 2.05) is 0 Å². The summed E-state index contributed by atoms with van der Waals surface area (Å²) in [6.07, 6.45) is 0. The lowest BCUT2D eigenvalue weighted by molar-refractivity contribution is 0.0961. The number of amides is 1. The zero-order chi connectivity index (χ0) is 8.97. The Bertz CT molecular complexity index is 273. The van der Waals surface area contributed by atoms with Crippen molar-refractivity contribution in [1.82, 2.24) is 5.32 Å². The summed E-state index contributed by atoms with van der Waals surface area (Å²) in [6, 6.07) is 6.73. The van der Waals surface area contributed by atoms with E-state index >= 15 is 0 Å². The first-order valence-corrected chi connectivity index (χ1v) is 4.83. The summed E-state index contributed by atoms with van der Waals surface area (Å²) < 4.78 is 0. The quantitative estimate of drug-likeness (QED) is 0.632. The number of hydrogen-bond acceptors (Lipinski definition) is 1. The maximum atomic E-state index is 11.2. The van der Waals surface area contributed by atoms with Crippen LogP contribution in [0.4, 0.5) is 0 Å². The van der Waals surface area contributed by atoms with Crippen LogP contribution in [0.3, 0.4) is 0 Å². The summed E-state index contributed by atoms with van der Waals surface area (Å²) in [4.78, 5) is 11.2. The number of benzene rings is 1. The Labute approximate surface area is 84.0 Å². The SMILES string of the molecule is O=C(NCBr)c1ccc(Cl)cc1. The Kier molecular flexibility index (Phi) is 3.56. The van der Waals surface area contributed by atoms with E-state index in [1.54, 1.807) is 24.3 Å². The molecule has 0 radical (unpaired) electrons. The number of carbonyl (C=O) groups excluding carboxylic acids is 1. The molecule has 0 aliphatic heterocycles. The van der Waals surface area contributed by atoms with Crippen LogP contribution in [0.1, 0.15) is 10.4 Å². The van der Waals surface area contributed by atoms with Crippen molar-refractivity contribution in [2.24, 2.45) is 0 Å². The third-order valence-corrected chi connectivity index (χ3v) is 1.87. The average molecular weight is 249 g/mol. The molecule has 0 atom stereocenters. The summed E-state index contributed by atoms with van der Waals surface area (Å²) in [7, 11) is 0. The molecule has 1 rings (SSSR count). The predicted molar refractivity (Wildman–Crippen MR) is 52.7 cm³/mol. The number of nitrogens with one attached hydrogen (secondary N) is 1. The highest BCUT2D eigenvalue weighted by Crippen LogP contribution is 2.09. The molecule has 1 aromatic carbocycles. The van der Waals surface area contributed by atoms with E-state index in [2.05, 4.69) is 21.2 Å². The van der Waals surface area contributed by atoms with Crippen LogP contribution in [0.2, 0.25) is 5.02 Å². The van der Waals surface area contributed by atoms with Gasteiger partial charge in [0.05, 0.1) is 5.45 Å². The fraction of sp³-hybridized carbons (Fsp3) is 0.125. The molecule has 0 saturated heterocycles. The number of rotatable bonds is 2. The van der Waals surface area contributed by atoms with Crippen LogP contribution in [-0.4, -0.2) is 11.4 Å². The lowest BCUT2D eigenvalue weighted by Gasteiger charge is -2.00. The fourth-order valence-corrected chi connectivity index (χ4v) is 1.14. The smallest absolute Gasteiger partial charge is 0.251 e. The third-order valence-electron chi connectivity index (χ3n) is 1.33. The lowest BCUT2D eigenvalue weighted by Crippen LogP contribution is -2.20. The number of hydrogen-bond donors (Lipinski definition) is 1. The molecule has 1 amide bonds. The second-order valence-corrected chi connectivity index (χ2v) is 3.14. The van der Waals surface area contributed by atoms with Crippen molar-refractivity contribution >= 4 is 33.4 Å². The summed E-state index contributed by atoms with van der Waals surface area (Å²) in [5, 5.41) is 3.25. The molecule has 1 aromatic rings. The maximum Gasteiger partial charge on any atom is 0.251 e. The van der Waals surface area contributed by atoms with Gasteiger partial charge in [-0.1, -0.05) is 27.5 Å². The minimum absolute atomic E-state index is 0.108. The predicted octanol–water partition coefficient (Wildman–Crippen LogP) is 2.42. The van der Waals surface area contributed by atoms with Crippen LogP contribution in [0, 0.1) is 0 Å². The van der Waals surface area contributed by atoms with Gasteiger partial charge in [-0.05, 0) is 24.3 Å². The molecule has 12 heavy (non-hydrogen) atoms. The van der Waals surface area contributed by atoms with E-state index in [-0.39, 0.29) is 5.91 Å². The molecule has 2 nitrogen and oxygen atoms in total. The molecule has 0 fully saturated rings. The molecule has 0 spiro atoms. The second-order valence-electron chi connectivity index (χ2n) is 2.15. The molecular weight excluding hydrogens is 241 g/mol. The minimum atomic E-state index is -0.108. The van der Waals surface area contributed by atoms with Crippen molar-refractivity contribution in [3.05, 3.63) is 34.9 Å². The Morgan fingerprint density at radius 1 is 1.42 bits per heavy atom. The summed E-state index contributed by atoms with van der Waals surface area (Å²) >= 11 is 8.76. The molecule has 0 aliphatic carbocycles. The van der Waals surface area contributed by atoms with Crippen molar-refractivity contribution in [2.75, 3.05) is 5.45 Å². The lowest BCUT2D eigenvalue weighted by atomic mass is 10.2. The molecule has 0 aliphatic rings. The van der Waals surface area contributed by atoms with Gasteiger partial charge in [0.1, 0.15) is 0 Å². The van der Waals surface area contributed by atoms with Gasteiger partial charge in [0.2, 0.25) is 0 Å². The minimum Gasteiger partial charge on any atom is -0.342 e. The maximum absolute atomic E-state index is 11.2. The zero-order valence-electron chi connectivity index (χ0n) is 6.18. The highest BCUT2D eigenvalue weighted by molar-refractivity contribution is 9.09. The molecule has 0 unspecified atom stereocenters. The van der Waals surface area contributed by atoms with Gasteiger partial charge >= 0.3 is 0 Å². The highest BCUT2D eigenvalue weighted by Gasteiger charge is 2.01. The normalized spacial score (nSPS) is 9.50. The Hall–Kier alpha value is -0.540. The fourth-order valence-electron chi connectivity index (χ4n) is 0.764. The Morgan fingerprint density at radius 3 is 2.50 bits per heavy atom. The van der Waals surface area contributed by atoms with E-state index in [4.69, 9.17) is 11.6 Å². The van der Waals surface area contributed by atoms with Crippen molar-refractivity contribution < 1.29 is 4.79 Å². The Morgan fingerprint density at radius 2 is 2.00 bits per heavy atom. The summed E-state index contributed by atoms with van der Waals surface area (Å²) in [5.41, 5.74) is 1.06. The molecule has 4 heteroatoms. The van der Waals surface area contributed by atoms with Crippen molar-refractivity contribution in [3.63, 3.8) is 0 Å². The number of alkyl halides is 1. The van der Waals surface area contributed by atoms with Crippen LogP contribution in [-0.2, 0) is 0 Å². The van der Waals surface area contributed by atoms with Crippen molar-refractivity contribution in [2.45, 2.75) is 0 Å². The van der Waals surface area contributed by atoms with Crippen LogP contribution < -0.4 is 5.32 Å². The van der Waals surface area contributed by atoms with E-state index in [0.717, 1.165) is 0 Å². The molecule has 64 valence electrons.